The summed E-state index contributed by atoms with van der Waals surface area (Å²) in [5, 5.41) is 9.48. The van der Waals surface area contributed by atoms with E-state index in [2.05, 4.69) is 11.1 Å². The molecule has 0 atom stereocenters. The van der Waals surface area contributed by atoms with Crippen LogP contribution in [0.5, 0.6) is 5.75 Å². The molecule has 7 heteroatoms. The zero-order valence-corrected chi connectivity index (χ0v) is 17.2. The summed E-state index contributed by atoms with van der Waals surface area (Å²) in [6.07, 6.45) is 3.64. The lowest BCUT2D eigenvalue weighted by atomic mass is 10.1. The molecule has 1 amide bonds. The third-order valence-corrected chi connectivity index (χ3v) is 5.14. The number of methoxy groups -OCH3 is 1. The molecule has 4 rings (SSSR count). The van der Waals surface area contributed by atoms with Crippen LogP contribution in [0.25, 0.3) is 12.2 Å². The van der Waals surface area contributed by atoms with Gasteiger partial charge in [0.05, 0.1) is 7.11 Å². The van der Waals surface area contributed by atoms with Gasteiger partial charge in [0, 0.05) is 37.8 Å². The summed E-state index contributed by atoms with van der Waals surface area (Å²) >= 11 is 0. The minimum Gasteiger partial charge on any atom is -0.497 e. The van der Waals surface area contributed by atoms with E-state index in [1.807, 2.05) is 41.3 Å². The lowest BCUT2D eigenvalue weighted by Gasteiger charge is -2.34. The smallest absolute Gasteiger partial charge is 0.253 e. The Kier molecular flexibility index (Phi) is 5.99. The molecule has 156 valence electrons. The van der Waals surface area contributed by atoms with Gasteiger partial charge in [-0.1, -0.05) is 30.3 Å². The highest BCUT2D eigenvalue weighted by atomic mass is 16.5. The maximum absolute atomic E-state index is 12.8. The molecule has 2 heterocycles. The molecule has 0 bridgehead atoms. The van der Waals surface area contributed by atoms with Gasteiger partial charge < -0.3 is 19.0 Å². The Bertz CT molecular complexity index is 1110. The van der Waals surface area contributed by atoms with Crippen LogP contribution in [-0.4, -0.2) is 49.1 Å². The Labute approximate surface area is 180 Å². The SMILES string of the molecule is COc1ccc(C(=O)N2CCN(c3oc(C=Cc4ccccc4)nc3C#N)CC2)cc1. The fourth-order valence-electron chi connectivity index (χ4n) is 3.45. The van der Waals surface area contributed by atoms with Crippen LogP contribution < -0.4 is 9.64 Å². The summed E-state index contributed by atoms with van der Waals surface area (Å²) in [7, 11) is 1.60. The molecule has 0 aliphatic carbocycles. The number of piperazine rings is 1. The fraction of sp³-hybridized carbons (Fsp3) is 0.208. The van der Waals surface area contributed by atoms with Gasteiger partial charge in [0.1, 0.15) is 11.8 Å². The average molecular weight is 414 g/mol. The van der Waals surface area contributed by atoms with E-state index in [4.69, 9.17) is 9.15 Å². The van der Waals surface area contributed by atoms with Gasteiger partial charge in [0.15, 0.2) is 0 Å². The third-order valence-electron chi connectivity index (χ3n) is 5.14. The third kappa shape index (κ3) is 4.59. The van der Waals surface area contributed by atoms with Crippen molar-refractivity contribution >= 4 is 23.9 Å². The molecule has 1 fully saturated rings. The molecule has 1 aliphatic rings. The first-order chi connectivity index (χ1) is 15.2. The van der Waals surface area contributed by atoms with Crippen molar-refractivity contribution in [2.75, 3.05) is 38.2 Å². The molecule has 1 saturated heterocycles. The number of aromatic nitrogens is 1. The molecule has 0 unspecified atom stereocenters. The summed E-state index contributed by atoms with van der Waals surface area (Å²) in [6.45, 7) is 2.19. The van der Waals surface area contributed by atoms with Gasteiger partial charge in [-0.25, -0.2) is 0 Å². The maximum atomic E-state index is 12.8. The fourth-order valence-corrected chi connectivity index (χ4v) is 3.45. The van der Waals surface area contributed by atoms with Crippen molar-refractivity contribution in [3.8, 4) is 11.8 Å². The molecule has 0 spiro atoms. The van der Waals surface area contributed by atoms with Crippen LogP contribution in [-0.2, 0) is 0 Å². The molecule has 0 saturated carbocycles. The molecule has 2 aromatic carbocycles. The maximum Gasteiger partial charge on any atom is 0.253 e. The van der Waals surface area contributed by atoms with Crippen molar-refractivity contribution < 1.29 is 13.9 Å². The molecule has 31 heavy (non-hydrogen) atoms. The van der Waals surface area contributed by atoms with Gasteiger partial charge in [-0.15, -0.1) is 0 Å². The van der Waals surface area contributed by atoms with E-state index in [9.17, 15) is 10.1 Å². The highest BCUT2D eigenvalue weighted by Gasteiger charge is 2.26. The van der Waals surface area contributed by atoms with Crippen molar-refractivity contribution in [3.05, 3.63) is 77.3 Å². The number of rotatable bonds is 5. The van der Waals surface area contributed by atoms with Gasteiger partial charge in [-0.05, 0) is 35.9 Å². The number of ether oxygens (including phenoxy) is 1. The predicted octanol–water partition coefficient (Wildman–Crippen LogP) is 3.69. The topological polar surface area (TPSA) is 82.6 Å². The second kappa shape index (κ2) is 9.18. The van der Waals surface area contributed by atoms with Crippen LogP contribution in [0.15, 0.2) is 59.0 Å². The number of nitriles is 1. The number of nitrogens with zero attached hydrogens (tertiary/aromatic N) is 4. The largest absolute Gasteiger partial charge is 0.497 e. The number of hydrogen-bond acceptors (Lipinski definition) is 6. The van der Waals surface area contributed by atoms with Gasteiger partial charge in [-0.2, -0.15) is 10.2 Å². The summed E-state index contributed by atoms with van der Waals surface area (Å²) in [5.41, 5.74) is 1.90. The molecule has 1 aliphatic heterocycles. The minimum absolute atomic E-state index is 0.0214. The first-order valence-electron chi connectivity index (χ1n) is 10.0. The summed E-state index contributed by atoms with van der Waals surface area (Å²) in [4.78, 5) is 20.8. The van der Waals surface area contributed by atoms with E-state index < -0.39 is 0 Å². The summed E-state index contributed by atoms with van der Waals surface area (Å²) < 4.78 is 11.0. The number of carbonyl (C=O) groups excluding carboxylic acids is 1. The van der Waals surface area contributed by atoms with Crippen molar-refractivity contribution in [2.24, 2.45) is 0 Å². The molecule has 7 nitrogen and oxygen atoms in total. The molecule has 0 N–H and O–H groups in total. The second-order valence-electron chi connectivity index (χ2n) is 7.07. The highest BCUT2D eigenvalue weighted by molar-refractivity contribution is 5.94. The molecule has 0 radical (unpaired) electrons. The van der Waals surface area contributed by atoms with Crippen molar-refractivity contribution in [2.45, 2.75) is 0 Å². The summed E-state index contributed by atoms with van der Waals surface area (Å²) in [6, 6.07) is 19.0. The van der Waals surface area contributed by atoms with Gasteiger partial charge in [0.2, 0.25) is 17.5 Å². The number of amides is 1. The minimum atomic E-state index is -0.0214. The lowest BCUT2D eigenvalue weighted by molar-refractivity contribution is 0.0745. The van der Waals surface area contributed by atoms with Gasteiger partial charge in [0.25, 0.3) is 5.91 Å². The Morgan fingerprint density at radius 1 is 1.06 bits per heavy atom. The number of carbonyl (C=O) groups is 1. The van der Waals surface area contributed by atoms with E-state index in [1.165, 1.54) is 0 Å². The van der Waals surface area contributed by atoms with Gasteiger partial charge >= 0.3 is 0 Å². The molecular formula is C24H22N4O3. The normalized spacial score (nSPS) is 13.9. The van der Waals surface area contributed by atoms with Crippen LogP contribution in [0, 0.1) is 11.3 Å². The Hall–Kier alpha value is -4.05. The van der Waals surface area contributed by atoms with Crippen LogP contribution in [0.2, 0.25) is 0 Å². The number of benzene rings is 2. The second-order valence-corrected chi connectivity index (χ2v) is 7.07. The van der Waals surface area contributed by atoms with Crippen molar-refractivity contribution in [1.29, 1.82) is 5.26 Å². The van der Waals surface area contributed by atoms with Crippen molar-refractivity contribution in [1.82, 2.24) is 9.88 Å². The number of oxazole rings is 1. The summed E-state index contributed by atoms with van der Waals surface area (Å²) in [5.74, 6) is 1.53. The van der Waals surface area contributed by atoms with E-state index in [-0.39, 0.29) is 11.6 Å². The quantitative estimate of drug-likeness (QED) is 0.633. The van der Waals surface area contributed by atoms with Crippen molar-refractivity contribution in [3.63, 3.8) is 0 Å². The lowest BCUT2D eigenvalue weighted by Crippen LogP contribution is -2.48. The van der Waals surface area contributed by atoms with Crippen LogP contribution >= 0.6 is 0 Å². The van der Waals surface area contributed by atoms with Gasteiger partial charge in [-0.3, -0.25) is 4.79 Å². The van der Waals surface area contributed by atoms with Crippen LogP contribution in [0.4, 0.5) is 5.88 Å². The Balaban J connectivity index is 1.42. The predicted molar refractivity (Wildman–Crippen MR) is 118 cm³/mol. The first kappa shape index (κ1) is 20.2. The molecule has 3 aromatic rings. The van der Waals surface area contributed by atoms with E-state index in [0.29, 0.717) is 49.3 Å². The molecule has 1 aromatic heterocycles. The molecular weight excluding hydrogens is 392 g/mol. The Morgan fingerprint density at radius 2 is 1.77 bits per heavy atom. The van der Waals surface area contributed by atoms with E-state index >= 15 is 0 Å². The average Bonchev–Trinajstić information content (AvgIpc) is 3.26. The highest BCUT2D eigenvalue weighted by Crippen LogP contribution is 2.25. The number of anilines is 1. The van der Waals surface area contributed by atoms with E-state index in [1.54, 1.807) is 42.4 Å². The van der Waals surface area contributed by atoms with Crippen LogP contribution in [0.3, 0.4) is 0 Å². The monoisotopic (exact) mass is 414 g/mol. The zero-order chi connectivity index (χ0) is 21.6. The Morgan fingerprint density at radius 3 is 2.42 bits per heavy atom. The van der Waals surface area contributed by atoms with Crippen LogP contribution in [0.1, 0.15) is 27.5 Å². The number of hydrogen-bond donors (Lipinski definition) is 0. The first-order valence-corrected chi connectivity index (χ1v) is 10.0. The van der Waals surface area contributed by atoms with E-state index in [0.717, 1.165) is 5.56 Å². The zero-order valence-electron chi connectivity index (χ0n) is 17.2. The standard InChI is InChI=1S/C24H22N4O3/c1-30-20-10-8-19(9-11-20)23(29)27-13-15-28(16-14-27)24-21(17-25)26-22(31-24)12-7-18-5-3-2-4-6-18/h2-12H,13-16H2,1H3.